The monoisotopic (exact) mass is 436 g/mol. The van der Waals surface area contributed by atoms with E-state index in [1.165, 1.54) is 0 Å². The van der Waals surface area contributed by atoms with Crippen molar-refractivity contribution in [1.82, 2.24) is 10.2 Å². The lowest BCUT2D eigenvalue weighted by Gasteiger charge is -2.31. The van der Waals surface area contributed by atoms with E-state index in [2.05, 4.69) is 5.32 Å². The topological polar surface area (TPSA) is 58.6 Å². The molecule has 2 aromatic carbocycles. The van der Waals surface area contributed by atoms with E-state index in [1.54, 1.807) is 30.1 Å². The largest absolute Gasteiger partial charge is 0.494 e. The summed E-state index contributed by atoms with van der Waals surface area (Å²) in [6.07, 6.45) is 1.26. The van der Waals surface area contributed by atoms with Gasteiger partial charge in [0.05, 0.1) is 6.61 Å². The average molecular weight is 437 g/mol. The molecule has 29 heavy (non-hydrogen) atoms. The first-order valence-corrected chi connectivity index (χ1v) is 10.3. The Labute approximate surface area is 181 Å². The molecular weight excluding hydrogens is 411 g/mol. The molecule has 5 nitrogen and oxygen atoms in total. The van der Waals surface area contributed by atoms with Crippen molar-refractivity contribution in [1.29, 1.82) is 0 Å². The van der Waals surface area contributed by atoms with E-state index in [4.69, 9.17) is 27.9 Å². The standard InChI is InChI=1S/C22H26Cl2N2O3/c1-3-20(22(28)25-2)26(15-17-18(23)11-7-12-19(17)24)21(27)13-8-14-29-16-9-5-4-6-10-16/h4-7,9-12,20H,3,8,13-15H2,1-2H3,(H,25,28). The summed E-state index contributed by atoms with van der Waals surface area (Å²) in [5.41, 5.74) is 0.632. The van der Waals surface area contributed by atoms with Crippen molar-refractivity contribution in [2.45, 2.75) is 38.8 Å². The maximum atomic E-state index is 13.0. The normalized spacial score (nSPS) is 11.6. The van der Waals surface area contributed by atoms with E-state index < -0.39 is 6.04 Å². The lowest BCUT2D eigenvalue weighted by molar-refractivity contribution is -0.141. The van der Waals surface area contributed by atoms with Crippen LogP contribution in [-0.2, 0) is 16.1 Å². The van der Waals surface area contributed by atoms with E-state index in [-0.39, 0.29) is 24.8 Å². The van der Waals surface area contributed by atoms with Crippen LogP contribution in [0.2, 0.25) is 10.0 Å². The van der Waals surface area contributed by atoms with Gasteiger partial charge in [-0.05, 0) is 37.1 Å². The molecule has 0 spiro atoms. The molecule has 0 saturated heterocycles. The molecular formula is C22H26Cl2N2O3. The van der Waals surface area contributed by atoms with E-state index in [1.807, 2.05) is 37.3 Å². The second kappa shape index (κ2) is 11.7. The minimum atomic E-state index is -0.602. The molecule has 0 radical (unpaired) electrons. The second-order valence-corrected chi connectivity index (χ2v) is 7.34. The molecule has 0 fully saturated rings. The summed E-state index contributed by atoms with van der Waals surface area (Å²) in [7, 11) is 1.56. The first-order chi connectivity index (χ1) is 14.0. The molecule has 2 aromatic rings. The third-order valence-corrected chi connectivity index (χ3v) is 5.28. The van der Waals surface area contributed by atoms with Gasteiger partial charge in [-0.1, -0.05) is 54.4 Å². The van der Waals surface area contributed by atoms with Crippen LogP contribution < -0.4 is 10.1 Å². The van der Waals surface area contributed by atoms with Gasteiger partial charge in [0.1, 0.15) is 11.8 Å². The van der Waals surface area contributed by atoms with Gasteiger partial charge in [0.25, 0.3) is 0 Å². The van der Waals surface area contributed by atoms with Crippen LogP contribution in [0.25, 0.3) is 0 Å². The fraction of sp³-hybridized carbons (Fsp3) is 0.364. The molecule has 2 amide bonds. The summed E-state index contributed by atoms with van der Waals surface area (Å²) in [5.74, 6) is 0.397. The van der Waals surface area contributed by atoms with Crippen LogP contribution in [0.15, 0.2) is 48.5 Å². The highest BCUT2D eigenvalue weighted by Crippen LogP contribution is 2.27. The number of nitrogens with one attached hydrogen (secondary N) is 1. The van der Waals surface area contributed by atoms with Gasteiger partial charge in [-0.15, -0.1) is 0 Å². The Kier molecular flexibility index (Phi) is 9.29. The number of carbonyl (C=O) groups excluding carboxylic acids is 2. The number of amides is 2. The molecule has 156 valence electrons. The highest BCUT2D eigenvalue weighted by molar-refractivity contribution is 6.36. The van der Waals surface area contributed by atoms with Crippen molar-refractivity contribution in [3.05, 3.63) is 64.1 Å². The third kappa shape index (κ3) is 6.65. The van der Waals surface area contributed by atoms with Gasteiger partial charge in [-0.2, -0.15) is 0 Å². The van der Waals surface area contributed by atoms with E-state index in [0.29, 0.717) is 35.1 Å². The zero-order valence-electron chi connectivity index (χ0n) is 16.7. The Hall–Kier alpha value is -2.24. The highest BCUT2D eigenvalue weighted by Gasteiger charge is 2.28. The summed E-state index contributed by atoms with van der Waals surface area (Å²) < 4.78 is 5.66. The molecule has 0 heterocycles. The maximum Gasteiger partial charge on any atom is 0.242 e. The number of hydrogen-bond acceptors (Lipinski definition) is 3. The fourth-order valence-corrected chi connectivity index (χ4v) is 3.53. The van der Waals surface area contributed by atoms with Crippen molar-refractivity contribution in [3.8, 4) is 5.75 Å². The van der Waals surface area contributed by atoms with Crippen LogP contribution in [0.4, 0.5) is 0 Å². The highest BCUT2D eigenvalue weighted by atomic mass is 35.5. The van der Waals surface area contributed by atoms with Gasteiger partial charge in [0, 0.05) is 35.6 Å². The first-order valence-electron chi connectivity index (χ1n) is 9.59. The Balaban J connectivity index is 2.09. The number of benzene rings is 2. The van der Waals surface area contributed by atoms with Gasteiger partial charge >= 0.3 is 0 Å². The van der Waals surface area contributed by atoms with Crippen molar-refractivity contribution >= 4 is 35.0 Å². The van der Waals surface area contributed by atoms with Gasteiger partial charge in [0.15, 0.2) is 0 Å². The Morgan fingerprint density at radius 2 is 1.72 bits per heavy atom. The molecule has 0 saturated carbocycles. The van der Waals surface area contributed by atoms with E-state index >= 15 is 0 Å². The number of likely N-dealkylation sites (N-methyl/N-ethyl adjacent to an activating group) is 1. The molecule has 0 bridgehead atoms. The zero-order valence-corrected chi connectivity index (χ0v) is 18.2. The Morgan fingerprint density at radius 1 is 1.07 bits per heavy atom. The van der Waals surface area contributed by atoms with Gasteiger partial charge in [-0.3, -0.25) is 9.59 Å². The van der Waals surface area contributed by atoms with Crippen molar-refractivity contribution in [2.75, 3.05) is 13.7 Å². The van der Waals surface area contributed by atoms with Crippen LogP contribution in [0.5, 0.6) is 5.75 Å². The molecule has 1 N–H and O–H groups in total. The van der Waals surface area contributed by atoms with Crippen LogP contribution >= 0.6 is 23.2 Å². The quantitative estimate of drug-likeness (QED) is 0.548. The molecule has 0 aliphatic rings. The summed E-state index contributed by atoms with van der Waals surface area (Å²) in [4.78, 5) is 26.9. The van der Waals surface area contributed by atoms with Gasteiger partial charge in [0.2, 0.25) is 11.8 Å². The maximum absolute atomic E-state index is 13.0. The molecule has 1 unspecified atom stereocenters. The molecule has 0 aliphatic heterocycles. The molecule has 2 rings (SSSR count). The lowest BCUT2D eigenvalue weighted by Crippen LogP contribution is -2.48. The second-order valence-electron chi connectivity index (χ2n) is 6.53. The minimum Gasteiger partial charge on any atom is -0.494 e. The predicted molar refractivity (Wildman–Crippen MR) is 116 cm³/mol. The average Bonchev–Trinajstić information content (AvgIpc) is 2.73. The number of ether oxygens (including phenoxy) is 1. The predicted octanol–water partition coefficient (Wildman–Crippen LogP) is 4.71. The van der Waals surface area contributed by atoms with Crippen molar-refractivity contribution < 1.29 is 14.3 Å². The number of halogens is 2. The number of rotatable bonds is 10. The zero-order chi connectivity index (χ0) is 21.2. The minimum absolute atomic E-state index is 0.145. The summed E-state index contributed by atoms with van der Waals surface area (Å²) in [6, 6.07) is 14.0. The van der Waals surface area contributed by atoms with E-state index in [0.717, 1.165) is 5.75 Å². The summed E-state index contributed by atoms with van der Waals surface area (Å²) >= 11 is 12.6. The number of nitrogens with zero attached hydrogens (tertiary/aromatic N) is 1. The number of carbonyl (C=O) groups is 2. The molecule has 1 atom stereocenters. The summed E-state index contributed by atoms with van der Waals surface area (Å²) in [5, 5.41) is 3.57. The molecule has 0 aliphatic carbocycles. The Morgan fingerprint density at radius 3 is 2.31 bits per heavy atom. The SMILES string of the molecule is CCC(C(=O)NC)N(Cc1c(Cl)cccc1Cl)C(=O)CCCOc1ccccc1. The smallest absolute Gasteiger partial charge is 0.242 e. The molecule has 7 heteroatoms. The lowest BCUT2D eigenvalue weighted by atomic mass is 10.1. The van der Waals surface area contributed by atoms with Crippen LogP contribution in [0.1, 0.15) is 31.7 Å². The van der Waals surface area contributed by atoms with Gasteiger partial charge in [-0.25, -0.2) is 0 Å². The van der Waals surface area contributed by atoms with E-state index in [9.17, 15) is 9.59 Å². The first kappa shape index (κ1) is 23.0. The molecule has 0 aromatic heterocycles. The Bertz CT molecular complexity index is 795. The van der Waals surface area contributed by atoms with Crippen LogP contribution in [0, 0.1) is 0 Å². The van der Waals surface area contributed by atoms with Crippen molar-refractivity contribution in [3.63, 3.8) is 0 Å². The van der Waals surface area contributed by atoms with Crippen molar-refractivity contribution in [2.24, 2.45) is 0 Å². The third-order valence-electron chi connectivity index (χ3n) is 4.57. The summed E-state index contributed by atoms with van der Waals surface area (Å²) in [6.45, 7) is 2.45. The number of hydrogen-bond donors (Lipinski definition) is 1. The number of para-hydroxylation sites is 1. The van der Waals surface area contributed by atoms with Crippen LogP contribution in [0.3, 0.4) is 0 Å². The fourth-order valence-electron chi connectivity index (χ4n) is 3.01. The van der Waals surface area contributed by atoms with Crippen LogP contribution in [-0.4, -0.2) is 36.4 Å². The van der Waals surface area contributed by atoms with Gasteiger partial charge < -0.3 is 15.0 Å².